The van der Waals surface area contributed by atoms with E-state index in [1.807, 2.05) is 0 Å². The second-order valence-corrected chi connectivity index (χ2v) is 5.33. The molecule has 1 rings (SSSR count). The molecule has 1 heterocycles. The van der Waals surface area contributed by atoms with Crippen LogP contribution in [0.15, 0.2) is 6.07 Å². The maximum atomic E-state index is 5.90. The van der Waals surface area contributed by atoms with Gasteiger partial charge >= 0.3 is 0 Å². The first-order valence-corrected chi connectivity index (χ1v) is 6.89. The third-order valence-electron chi connectivity index (χ3n) is 2.85. The molecule has 4 nitrogen and oxygen atoms in total. The number of unbranched alkanes of at least 4 members (excludes halogenated alkanes) is 1. The van der Waals surface area contributed by atoms with Crippen molar-refractivity contribution in [2.24, 2.45) is 0 Å². The van der Waals surface area contributed by atoms with E-state index in [-0.39, 0.29) is 0 Å². The maximum absolute atomic E-state index is 5.90. The van der Waals surface area contributed by atoms with E-state index in [2.05, 4.69) is 41.3 Å². The summed E-state index contributed by atoms with van der Waals surface area (Å²) in [6.45, 7) is 6.35. The van der Waals surface area contributed by atoms with Crippen LogP contribution in [-0.4, -0.2) is 41.3 Å². The molecular weight excluding hydrogens is 271 g/mol. The Morgan fingerprint density at radius 3 is 2.67 bits per heavy atom. The van der Waals surface area contributed by atoms with Gasteiger partial charge in [-0.25, -0.2) is 0 Å². The predicted molar refractivity (Wildman–Crippen MR) is 77.5 cm³/mol. The SMILES string of the molecule is CC(C)N(C)CCCCNc1cc(Cl)nnc1Cl. The third kappa shape index (κ3) is 5.38. The molecule has 0 aliphatic carbocycles. The highest BCUT2D eigenvalue weighted by Gasteiger charge is 2.04. The molecule has 1 aromatic rings. The van der Waals surface area contributed by atoms with Gasteiger partial charge in [0.05, 0.1) is 5.69 Å². The smallest absolute Gasteiger partial charge is 0.174 e. The van der Waals surface area contributed by atoms with Crippen molar-refractivity contribution in [3.63, 3.8) is 0 Å². The van der Waals surface area contributed by atoms with Gasteiger partial charge in [-0.2, -0.15) is 0 Å². The van der Waals surface area contributed by atoms with Gasteiger partial charge in [-0.1, -0.05) is 23.2 Å². The molecule has 0 fully saturated rings. The molecule has 0 bridgehead atoms. The van der Waals surface area contributed by atoms with Crippen molar-refractivity contribution >= 4 is 28.9 Å². The van der Waals surface area contributed by atoms with Crippen molar-refractivity contribution in [2.75, 3.05) is 25.5 Å². The number of halogens is 2. The number of aromatic nitrogens is 2. The van der Waals surface area contributed by atoms with E-state index >= 15 is 0 Å². The first-order valence-electron chi connectivity index (χ1n) is 6.13. The lowest BCUT2D eigenvalue weighted by atomic mass is 10.2. The average molecular weight is 291 g/mol. The van der Waals surface area contributed by atoms with Crippen LogP contribution in [0.5, 0.6) is 0 Å². The van der Waals surface area contributed by atoms with Crippen LogP contribution in [0.2, 0.25) is 10.3 Å². The van der Waals surface area contributed by atoms with Crippen molar-refractivity contribution in [3.8, 4) is 0 Å². The van der Waals surface area contributed by atoms with Crippen molar-refractivity contribution in [1.29, 1.82) is 0 Å². The second kappa shape index (κ2) is 7.77. The van der Waals surface area contributed by atoms with Crippen LogP contribution in [0.1, 0.15) is 26.7 Å². The second-order valence-electron chi connectivity index (χ2n) is 4.58. The fourth-order valence-electron chi connectivity index (χ4n) is 1.44. The van der Waals surface area contributed by atoms with E-state index in [0.29, 0.717) is 16.3 Å². The Bertz CT molecular complexity index is 371. The van der Waals surface area contributed by atoms with E-state index in [4.69, 9.17) is 23.2 Å². The van der Waals surface area contributed by atoms with E-state index in [0.717, 1.165) is 31.6 Å². The molecule has 1 N–H and O–H groups in total. The Balaban J connectivity index is 2.24. The molecule has 6 heteroatoms. The molecular formula is C12H20Cl2N4. The van der Waals surface area contributed by atoms with Crippen LogP contribution >= 0.6 is 23.2 Å². The van der Waals surface area contributed by atoms with Crippen LogP contribution in [0.4, 0.5) is 5.69 Å². The molecule has 1 aromatic heterocycles. The molecule has 0 unspecified atom stereocenters. The van der Waals surface area contributed by atoms with Gasteiger partial charge in [0.1, 0.15) is 0 Å². The molecule has 0 aliphatic rings. The number of anilines is 1. The van der Waals surface area contributed by atoms with Crippen molar-refractivity contribution in [1.82, 2.24) is 15.1 Å². The lowest BCUT2D eigenvalue weighted by molar-refractivity contribution is 0.269. The van der Waals surface area contributed by atoms with Crippen molar-refractivity contribution < 1.29 is 0 Å². The number of nitrogens with one attached hydrogen (secondary N) is 1. The van der Waals surface area contributed by atoms with E-state index in [1.54, 1.807) is 6.07 Å². The Hall–Kier alpha value is -0.580. The predicted octanol–water partition coefficient (Wildman–Crippen LogP) is 3.32. The monoisotopic (exact) mass is 290 g/mol. The quantitative estimate of drug-likeness (QED) is 0.782. The molecule has 0 radical (unpaired) electrons. The first kappa shape index (κ1) is 15.5. The molecule has 0 amide bonds. The lowest BCUT2D eigenvalue weighted by Gasteiger charge is -2.20. The van der Waals surface area contributed by atoms with Crippen LogP contribution in [-0.2, 0) is 0 Å². The summed E-state index contributed by atoms with van der Waals surface area (Å²) < 4.78 is 0. The number of hydrogen-bond donors (Lipinski definition) is 1. The molecule has 18 heavy (non-hydrogen) atoms. The molecule has 102 valence electrons. The van der Waals surface area contributed by atoms with Gasteiger partial charge in [-0.15, -0.1) is 10.2 Å². The lowest BCUT2D eigenvalue weighted by Crippen LogP contribution is -2.27. The van der Waals surface area contributed by atoms with Gasteiger partial charge in [-0.05, 0) is 40.3 Å². The van der Waals surface area contributed by atoms with Gasteiger partial charge < -0.3 is 10.2 Å². The van der Waals surface area contributed by atoms with Crippen LogP contribution < -0.4 is 5.32 Å². The fourth-order valence-corrected chi connectivity index (χ4v) is 1.75. The Kier molecular flexibility index (Phi) is 6.68. The highest BCUT2D eigenvalue weighted by Crippen LogP contribution is 2.20. The summed E-state index contributed by atoms with van der Waals surface area (Å²) in [7, 11) is 2.14. The summed E-state index contributed by atoms with van der Waals surface area (Å²) in [5, 5.41) is 11.3. The molecule has 0 saturated carbocycles. The van der Waals surface area contributed by atoms with E-state index in [1.165, 1.54) is 0 Å². The third-order valence-corrected chi connectivity index (χ3v) is 3.32. The normalized spacial score (nSPS) is 11.3. The number of rotatable bonds is 7. The zero-order chi connectivity index (χ0) is 13.5. The van der Waals surface area contributed by atoms with Gasteiger partial charge in [0.15, 0.2) is 10.3 Å². The summed E-state index contributed by atoms with van der Waals surface area (Å²) in [5.41, 5.74) is 0.744. The van der Waals surface area contributed by atoms with Crippen LogP contribution in [0.25, 0.3) is 0 Å². The van der Waals surface area contributed by atoms with Crippen LogP contribution in [0, 0.1) is 0 Å². The topological polar surface area (TPSA) is 41.0 Å². The number of hydrogen-bond acceptors (Lipinski definition) is 4. The Morgan fingerprint density at radius 2 is 2.00 bits per heavy atom. The van der Waals surface area contributed by atoms with Crippen molar-refractivity contribution in [2.45, 2.75) is 32.7 Å². The standard InChI is InChI=1S/C12H20Cl2N4/c1-9(2)18(3)7-5-4-6-15-10-8-11(13)16-17-12(10)14/h8-9H,4-7H2,1-3H3,(H,15,16). The summed E-state index contributed by atoms with van der Waals surface area (Å²) in [6, 6.07) is 2.28. The maximum Gasteiger partial charge on any atom is 0.174 e. The Labute approximate surface area is 119 Å². The summed E-state index contributed by atoms with van der Waals surface area (Å²) in [6.07, 6.45) is 2.22. The molecule has 0 aromatic carbocycles. The molecule has 0 saturated heterocycles. The average Bonchev–Trinajstić information content (AvgIpc) is 2.32. The zero-order valence-corrected chi connectivity index (χ0v) is 12.6. The van der Waals surface area contributed by atoms with Gasteiger partial charge in [0.25, 0.3) is 0 Å². The van der Waals surface area contributed by atoms with Crippen LogP contribution in [0.3, 0.4) is 0 Å². The van der Waals surface area contributed by atoms with E-state index < -0.39 is 0 Å². The minimum Gasteiger partial charge on any atom is -0.382 e. The molecule has 0 spiro atoms. The van der Waals surface area contributed by atoms with Crippen molar-refractivity contribution in [3.05, 3.63) is 16.4 Å². The zero-order valence-electron chi connectivity index (χ0n) is 11.1. The fraction of sp³-hybridized carbons (Fsp3) is 0.667. The van der Waals surface area contributed by atoms with E-state index in [9.17, 15) is 0 Å². The molecule has 0 aliphatic heterocycles. The summed E-state index contributed by atoms with van der Waals surface area (Å²) >= 11 is 11.7. The van der Waals surface area contributed by atoms with Gasteiger partial charge in [0, 0.05) is 18.7 Å². The highest BCUT2D eigenvalue weighted by molar-refractivity contribution is 6.33. The van der Waals surface area contributed by atoms with Gasteiger partial charge in [-0.3, -0.25) is 0 Å². The minimum atomic E-state index is 0.349. The summed E-state index contributed by atoms with van der Waals surface area (Å²) in [5.74, 6) is 0. The summed E-state index contributed by atoms with van der Waals surface area (Å²) in [4.78, 5) is 2.33. The first-order chi connectivity index (χ1) is 8.50. The Morgan fingerprint density at radius 1 is 1.28 bits per heavy atom. The molecule has 0 atom stereocenters. The van der Waals surface area contributed by atoms with Gasteiger partial charge in [0.2, 0.25) is 0 Å². The largest absolute Gasteiger partial charge is 0.382 e. The minimum absolute atomic E-state index is 0.349. The number of nitrogens with zero attached hydrogens (tertiary/aromatic N) is 3. The highest BCUT2D eigenvalue weighted by atomic mass is 35.5.